The molecular weight excluding hydrogens is 281 g/mol. The molecule has 0 spiro atoms. The SMILES string of the molecule is COc1ccc(CN(C)C(=O)Cl)cc1Br. The molecule has 0 N–H and O–H groups in total. The van der Waals surface area contributed by atoms with Crippen LogP contribution >= 0.6 is 27.5 Å². The highest BCUT2D eigenvalue weighted by atomic mass is 79.9. The van der Waals surface area contributed by atoms with Gasteiger partial charge in [-0.1, -0.05) is 6.07 Å². The summed E-state index contributed by atoms with van der Waals surface area (Å²) >= 11 is 8.70. The summed E-state index contributed by atoms with van der Waals surface area (Å²) in [5, 5.41) is -0.470. The molecule has 1 aromatic rings. The van der Waals surface area contributed by atoms with E-state index in [2.05, 4.69) is 15.9 Å². The highest BCUT2D eigenvalue weighted by Crippen LogP contribution is 2.25. The molecule has 0 saturated heterocycles. The van der Waals surface area contributed by atoms with E-state index in [9.17, 15) is 4.79 Å². The van der Waals surface area contributed by atoms with Crippen LogP contribution in [-0.4, -0.2) is 24.4 Å². The van der Waals surface area contributed by atoms with Gasteiger partial charge in [-0.15, -0.1) is 0 Å². The summed E-state index contributed by atoms with van der Waals surface area (Å²) in [6, 6.07) is 5.63. The molecule has 0 aromatic heterocycles. The lowest BCUT2D eigenvalue weighted by atomic mass is 10.2. The maximum atomic E-state index is 10.8. The van der Waals surface area contributed by atoms with Crippen LogP contribution < -0.4 is 4.74 Å². The van der Waals surface area contributed by atoms with Gasteiger partial charge in [-0.2, -0.15) is 0 Å². The van der Waals surface area contributed by atoms with Crippen LogP contribution in [0.3, 0.4) is 0 Å². The van der Waals surface area contributed by atoms with E-state index in [1.165, 1.54) is 4.90 Å². The van der Waals surface area contributed by atoms with E-state index < -0.39 is 5.37 Å². The Morgan fingerprint density at radius 3 is 2.73 bits per heavy atom. The molecule has 0 aliphatic heterocycles. The molecule has 0 unspecified atom stereocenters. The quantitative estimate of drug-likeness (QED) is 0.632. The minimum Gasteiger partial charge on any atom is -0.496 e. The van der Waals surface area contributed by atoms with Gasteiger partial charge in [0.25, 0.3) is 0 Å². The molecule has 0 radical (unpaired) electrons. The zero-order valence-electron chi connectivity index (χ0n) is 8.46. The topological polar surface area (TPSA) is 29.5 Å². The van der Waals surface area contributed by atoms with Gasteiger partial charge in [-0.25, -0.2) is 0 Å². The Labute approximate surface area is 102 Å². The van der Waals surface area contributed by atoms with Gasteiger partial charge in [-0.3, -0.25) is 4.79 Å². The highest BCUT2D eigenvalue weighted by Gasteiger charge is 2.07. The third-order valence-electron chi connectivity index (χ3n) is 1.94. The number of carbonyl (C=O) groups excluding carboxylic acids is 1. The second-order valence-corrected chi connectivity index (χ2v) is 4.26. The Bertz CT molecular complexity index is 370. The summed E-state index contributed by atoms with van der Waals surface area (Å²) < 4.78 is 5.96. The number of nitrogens with zero attached hydrogens (tertiary/aromatic N) is 1. The predicted octanol–water partition coefficient (Wildman–Crippen LogP) is 3.25. The maximum absolute atomic E-state index is 10.8. The number of benzene rings is 1. The molecule has 0 aliphatic carbocycles. The summed E-state index contributed by atoms with van der Waals surface area (Å²) in [6.07, 6.45) is 0. The van der Waals surface area contributed by atoms with Gasteiger partial charge in [0, 0.05) is 13.6 Å². The average Bonchev–Trinajstić information content (AvgIpc) is 2.18. The second kappa shape index (κ2) is 5.37. The van der Waals surface area contributed by atoms with E-state index in [0.717, 1.165) is 15.8 Å². The van der Waals surface area contributed by atoms with Crippen LogP contribution in [0, 0.1) is 0 Å². The first-order valence-electron chi connectivity index (χ1n) is 4.27. The Morgan fingerprint density at radius 1 is 1.60 bits per heavy atom. The van der Waals surface area contributed by atoms with Crippen molar-refractivity contribution < 1.29 is 9.53 Å². The van der Waals surface area contributed by atoms with Gasteiger partial charge in [0.1, 0.15) is 5.75 Å². The van der Waals surface area contributed by atoms with Crippen LogP contribution in [0.25, 0.3) is 0 Å². The molecule has 1 amide bonds. The molecule has 5 heteroatoms. The Morgan fingerprint density at radius 2 is 2.27 bits per heavy atom. The molecule has 82 valence electrons. The minimum absolute atomic E-state index is 0.470. The molecule has 0 bridgehead atoms. The Kier molecular flexibility index (Phi) is 4.42. The van der Waals surface area contributed by atoms with Gasteiger partial charge in [0.2, 0.25) is 0 Å². The molecule has 0 fully saturated rings. The average molecular weight is 293 g/mol. The number of ether oxygens (including phenoxy) is 1. The van der Waals surface area contributed by atoms with E-state index >= 15 is 0 Å². The molecule has 0 heterocycles. The van der Waals surface area contributed by atoms with Crippen molar-refractivity contribution in [2.24, 2.45) is 0 Å². The number of amides is 1. The first kappa shape index (κ1) is 12.3. The van der Waals surface area contributed by atoms with Crippen molar-refractivity contribution in [2.75, 3.05) is 14.2 Å². The summed E-state index contributed by atoms with van der Waals surface area (Å²) in [5.74, 6) is 0.763. The van der Waals surface area contributed by atoms with Crippen molar-refractivity contribution in [3.05, 3.63) is 28.2 Å². The summed E-state index contributed by atoms with van der Waals surface area (Å²) in [5.41, 5.74) is 0.985. The van der Waals surface area contributed by atoms with Crippen LogP contribution in [0.5, 0.6) is 5.75 Å². The van der Waals surface area contributed by atoms with E-state index in [1.54, 1.807) is 14.2 Å². The zero-order valence-corrected chi connectivity index (χ0v) is 10.8. The summed E-state index contributed by atoms with van der Waals surface area (Å²) in [4.78, 5) is 12.2. The van der Waals surface area contributed by atoms with Crippen molar-refractivity contribution in [3.63, 3.8) is 0 Å². The second-order valence-electron chi connectivity index (χ2n) is 3.08. The number of rotatable bonds is 3. The number of hydrogen-bond donors (Lipinski definition) is 0. The van der Waals surface area contributed by atoms with Gasteiger partial charge in [0.05, 0.1) is 11.6 Å². The van der Waals surface area contributed by atoms with Crippen molar-refractivity contribution in [2.45, 2.75) is 6.54 Å². The third kappa shape index (κ3) is 3.39. The smallest absolute Gasteiger partial charge is 0.316 e. The van der Waals surface area contributed by atoms with Gasteiger partial charge < -0.3 is 9.64 Å². The standard InChI is InChI=1S/C10H11BrClNO2/c1-13(10(12)14)6-7-3-4-9(15-2)8(11)5-7/h3-5H,6H2,1-2H3. The van der Waals surface area contributed by atoms with Crippen LogP contribution in [0.2, 0.25) is 0 Å². The fourth-order valence-corrected chi connectivity index (χ4v) is 1.79. The molecule has 3 nitrogen and oxygen atoms in total. The van der Waals surface area contributed by atoms with E-state index in [4.69, 9.17) is 16.3 Å². The molecule has 0 saturated carbocycles. The van der Waals surface area contributed by atoms with E-state index in [0.29, 0.717) is 6.54 Å². The Balaban J connectivity index is 2.79. The molecule has 0 aliphatic rings. The molecule has 1 rings (SSSR count). The lowest BCUT2D eigenvalue weighted by Crippen LogP contribution is -2.19. The van der Waals surface area contributed by atoms with Crippen LogP contribution in [0.4, 0.5) is 4.79 Å². The van der Waals surface area contributed by atoms with E-state index in [1.807, 2.05) is 18.2 Å². The summed E-state index contributed by atoms with van der Waals surface area (Å²) in [7, 11) is 3.25. The monoisotopic (exact) mass is 291 g/mol. The molecule has 1 aromatic carbocycles. The summed E-state index contributed by atoms with van der Waals surface area (Å²) in [6.45, 7) is 0.477. The molecule has 15 heavy (non-hydrogen) atoms. The fraction of sp³-hybridized carbons (Fsp3) is 0.300. The zero-order chi connectivity index (χ0) is 11.4. The lowest BCUT2D eigenvalue weighted by Gasteiger charge is -2.14. The van der Waals surface area contributed by atoms with Gasteiger partial charge in [-0.05, 0) is 45.2 Å². The van der Waals surface area contributed by atoms with Crippen LogP contribution in [0.15, 0.2) is 22.7 Å². The van der Waals surface area contributed by atoms with Crippen LogP contribution in [0.1, 0.15) is 5.56 Å². The largest absolute Gasteiger partial charge is 0.496 e. The maximum Gasteiger partial charge on any atom is 0.316 e. The number of hydrogen-bond acceptors (Lipinski definition) is 2. The molecular formula is C10H11BrClNO2. The van der Waals surface area contributed by atoms with Gasteiger partial charge >= 0.3 is 5.37 Å². The first-order valence-corrected chi connectivity index (χ1v) is 5.44. The third-order valence-corrected chi connectivity index (χ3v) is 2.84. The number of carbonyl (C=O) groups is 1. The van der Waals surface area contributed by atoms with Crippen molar-refractivity contribution in [1.29, 1.82) is 0 Å². The predicted molar refractivity (Wildman–Crippen MR) is 63.4 cm³/mol. The normalized spacial score (nSPS) is 9.87. The minimum atomic E-state index is -0.470. The fourth-order valence-electron chi connectivity index (χ4n) is 1.14. The first-order chi connectivity index (χ1) is 7.04. The van der Waals surface area contributed by atoms with E-state index in [-0.39, 0.29) is 0 Å². The van der Waals surface area contributed by atoms with Crippen LogP contribution in [-0.2, 0) is 6.54 Å². The number of methoxy groups -OCH3 is 1. The highest BCUT2D eigenvalue weighted by molar-refractivity contribution is 9.10. The lowest BCUT2D eigenvalue weighted by molar-refractivity contribution is 0.230. The van der Waals surface area contributed by atoms with Crippen molar-refractivity contribution in [3.8, 4) is 5.75 Å². The Hall–Kier alpha value is -0.740. The van der Waals surface area contributed by atoms with Crippen molar-refractivity contribution >= 4 is 32.9 Å². The molecule has 0 atom stereocenters. The van der Waals surface area contributed by atoms with Crippen molar-refractivity contribution in [1.82, 2.24) is 4.90 Å². The number of halogens is 2. The van der Waals surface area contributed by atoms with Gasteiger partial charge in [0.15, 0.2) is 0 Å².